The Hall–Kier alpha value is -1.11. The maximum absolute atomic E-state index is 12.3. The molecule has 0 bridgehead atoms. The number of cyclic esters (lactones) is 1. The number of carbonyl (C=O) groups is 1. The van der Waals surface area contributed by atoms with Crippen molar-refractivity contribution < 1.29 is 18.3 Å². The molecule has 1 rings (SSSR count). The maximum Gasteiger partial charge on any atom is 0.414 e. The molecule has 0 aliphatic carbocycles. The standard InChI is InChI=1S/C6H4F2O2/c1-2-4-3-5(9)10-6(4,7)8/h1,4H,3H2. The van der Waals surface area contributed by atoms with E-state index >= 15 is 0 Å². The van der Waals surface area contributed by atoms with Gasteiger partial charge in [0.1, 0.15) is 5.92 Å². The SMILES string of the molecule is C#CC1CC(=O)OC1(F)F. The van der Waals surface area contributed by atoms with E-state index in [1.54, 1.807) is 5.92 Å². The van der Waals surface area contributed by atoms with Gasteiger partial charge in [-0.3, -0.25) is 4.79 Å². The zero-order chi connectivity index (χ0) is 7.78. The van der Waals surface area contributed by atoms with E-state index in [1.165, 1.54) is 0 Å². The lowest BCUT2D eigenvalue weighted by molar-refractivity contribution is -0.220. The summed E-state index contributed by atoms with van der Waals surface area (Å²) in [5.41, 5.74) is 0. The molecule has 1 aliphatic rings. The van der Waals surface area contributed by atoms with Crippen molar-refractivity contribution in [3.63, 3.8) is 0 Å². The molecule has 1 unspecified atom stereocenters. The van der Waals surface area contributed by atoms with Crippen LogP contribution in [0, 0.1) is 18.3 Å². The summed E-state index contributed by atoms with van der Waals surface area (Å²) < 4.78 is 28.2. The number of hydrogen-bond donors (Lipinski definition) is 0. The summed E-state index contributed by atoms with van der Waals surface area (Å²) in [5.74, 6) is -0.537. The Morgan fingerprint density at radius 3 is 2.60 bits per heavy atom. The maximum atomic E-state index is 12.3. The monoisotopic (exact) mass is 146 g/mol. The minimum absolute atomic E-state index is 0.385. The van der Waals surface area contributed by atoms with Gasteiger partial charge < -0.3 is 4.74 Å². The lowest BCUT2D eigenvalue weighted by atomic mass is 10.1. The molecule has 0 aromatic rings. The van der Waals surface area contributed by atoms with Crippen LogP contribution in [-0.2, 0) is 9.53 Å². The van der Waals surface area contributed by atoms with E-state index in [0.29, 0.717) is 0 Å². The Bertz CT molecular complexity index is 204. The predicted octanol–water partition coefficient (Wildman–Crippen LogP) is 0.776. The van der Waals surface area contributed by atoms with Gasteiger partial charge in [-0.05, 0) is 0 Å². The number of rotatable bonds is 0. The average molecular weight is 146 g/mol. The highest BCUT2D eigenvalue weighted by atomic mass is 19.3. The van der Waals surface area contributed by atoms with Gasteiger partial charge >= 0.3 is 12.1 Å². The fourth-order valence-electron chi connectivity index (χ4n) is 0.706. The van der Waals surface area contributed by atoms with Gasteiger partial charge in [0.25, 0.3) is 0 Å². The van der Waals surface area contributed by atoms with Gasteiger partial charge in [0.05, 0.1) is 6.42 Å². The second-order valence-electron chi connectivity index (χ2n) is 1.96. The first kappa shape index (κ1) is 7.00. The summed E-state index contributed by atoms with van der Waals surface area (Å²) in [6.07, 6.45) is 0.871. The summed E-state index contributed by atoms with van der Waals surface area (Å²) in [6, 6.07) is 0. The van der Waals surface area contributed by atoms with E-state index in [1.807, 2.05) is 0 Å². The zero-order valence-electron chi connectivity index (χ0n) is 4.93. The van der Waals surface area contributed by atoms with Crippen LogP contribution in [0.15, 0.2) is 0 Å². The van der Waals surface area contributed by atoms with Crippen LogP contribution in [0.5, 0.6) is 0 Å². The molecule has 2 nitrogen and oxygen atoms in total. The molecule has 1 saturated heterocycles. The number of terminal acetylenes is 1. The van der Waals surface area contributed by atoms with E-state index in [-0.39, 0.29) is 6.42 Å². The third kappa shape index (κ3) is 0.947. The molecule has 0 spiro atoms. The molecule has 1 heterocycles. The van der Waals surface area contributed by atoms with Crippen LogP contribution in [-0.4, -0.2) is 12.1 Å². The number of halogens is 2. The first-order chi connectivity index (χ1) is 4.56. The topological polar surface area (TPSA) is 26.3 Å². The first-order valence-corrected chi connectivity index (χ1v) is 2.62. The predicted molar refractivity (Wildman–Crippen MR) is 28.0 cm³/mol. The molecule has 1 fully saturated rings. The zero-order valence-corrected chi connectivity index (χ0v) is 4.93. The molecule has 0 radical (unpaired) electrons. The third-order valence-electron chi connectivity index (χ3n) is 1.23. The Labute approximate surface area is 56.2 Å². The lowest BCUT2D eigenvalue weighted by Crippen LogP contribution is -2.22. The second kappa shape index (κ2) is 1.94. The minimum Gasteiger partial charge on any atom is -0.400 e. The summed E-state index contributed by atoms with van der Waals surface area (Å²) in [7, 11) is 0. The minimum atomic E-state index is -3.45. The van der Waals surface area contributed by atoms with E-state index in [0.717, 1.165) is 0 Å². The highest BCUT2D eigenvalue weighted by molar-refractivity contribution is 5.73. The van der Waals surface area contributed by atoms with E-state index in [2.05, 4.69) is 4.74 Å². The molecule has 10 heavy (non-hydrogen) atoms. The largest absolute Gasteiger partial charge is 0.414 e. The highest BCUT2D eigenvalue weighted by Crippen LogP contribution is 2.34. The molecule has 0 aromatic heterocycles. The number of ether oxygens (including phenoxy) is 1. The molecular weight excluding hydrogens is 142 g/mol. The van der Waals surface area contributed by atoms with Gasteiger partial charge in [-0.1, -0.05) is 5.92 Å². The van der Waals surface area contributed by atoms with E-state index in [4.69, 9.17) is 6.42 Å². The van der Waals surface area contributed by atoms with Gasteiger partial charge in [0.2, 0.25) is 0 Å². The van der Waals surface area contributed by atoms with Crippen molar-refractivity contribution in [2.45, 2.75) is 12.5 Å². The number of carbonyl (C=O) groups excluding carboxylic acids is 1. The normalized spacial score (nSPS) is 29.3. The molecular formula is C6H4F2O2. The Morgan fingerprint density at radius 1 is 1.80 bits per heavy atom. The third-order valence-corrected chi connectivity index (χ3v) is 1.23. The molecule has 1 atom stereocenters. The Kier molecular flexibility index (Phi) is 1.36. The molecule has 0 amide bonds. The summed E-state index contributed by atoms with van der Waals surface area (Å²) in [4.78, 5) is 10.2. The molecule has 0 saturated carbocycles. The van der Waals surface area contributed by atoms with Crippen LogP contribution in [0.2, 0.25) is 0 Å². The number of alkyl halides is 2. The Morgan fingerprint density at radius 2 is 2.40 bits per heavy atom. The average Bonchev–Trinajstić information content (AvgIpc) is 2.04. The van der Waals surface area contributed by atoms with Gasteiger partial charge in [-0.25, -0.2) is 0 Å². The fraction of sp³-hybridized carbons (Fsp3) is 0.500. The molecule has 0 aromatic carbocycles. The van der Waals surface area contributed by atoms with E-state index in [9.17, 15) is 13.6 Å². The number of esters is 1. The molecule has 54 valence electrons. The van der Waals surface area contributed by atoms with E-state index < -0.39 is 18.0 Å². The fourth-order valence-corrected chi connectivity index (χ4v) is 0.706. The van der Waals surface area contributed by atoms with Crippen LogP contribution >= 0.6 is 0 Å². The van der Waals surface area contributed by atoms with Crippen LogP contribution < -0.4 is 0 Å². The van der Waals surface area contributed by atoms with Crippen LogP contribution in [0.1, 0.15) is 6.42 Å². The van der Waals surface area contributed by atoms with Crippen LogP contribution in [0.4, 0.5) is 8.78 Å². The smallest absolute Gasteiger partial charge is 0.400 e. The van der Waals surface area contributed by atoms with Crippen molar-refractivity contribution in [3.8, 4) is 12.3 Å². The summed E-state index contributed by atoms with van der Waals surface area (Å²) >= 11 is 0. The van der Waals surface area contributed by atoms with Gasteiger partial charge in [0, 0.05) is 0 Å². The lowest BCUT2D eigenvalue weighted by Gasteiger charge is -2.09. The van der Waals surface area contributed by atoms with Crippen molar-refractivity contribution >= 4 is 5.97 Å². The summed E-state index contributed by atoms with van der Waals surface area (Å²) in [6.45, 7) is 0. The number of hydrogen-bond acceptors (Lipinski definition) is 2. The summed E-state index contributed by atoms with van der Waals surface area (Å²) in [5, 5.41) is 0. The van der Waals surface area contributed by atoms with Crippen molar-refractivity contribution in [3.05, 3.63) is 0 Å². The highest BCUT2D eigenvalue weighted by Gasteiger charge is 2.50. The quantitative estimate of drug-likeness (QED) is 0.372. The van der Waals surface area contributed by atoms with Gasteiger partial charge in [-0.2, -0.15) is 8.78 Å². The molecule has 1 aliphatic heterocycles. The first-order valence-electron chi connectivity index (χ1n) is 2.62. The van der Waals surface area contributed by atoms with Gasteiger partial charge in [-0.15, -0.1) is 6.42 Å². The van der Waals surface area contributed by atoms with Crippen LogP contribution in [0.3, 0.4) is 0 Å². The van der Waals surface area contributed by atoms with Crippen molar-refractivity contribution in [2.75, 3.05) is 0 Å². The van der Waals surface area contributed by atoms with Crippen molar-refractivity contribution in [1.29, 1.82) is 0 Å². The molecule has 0 N–H and O–H groups in total. The second-order valence-corrected chi connectivity index (χ2v) is 1.96. The molecule has 4 heteroatoms. The van der Waals surface area contributed by atoms with Gasteiger partial charge in [0.15, 0.2) is 0 Å². The van der Waals surface area contributed by atoms with Crippen molar-refractivity contribution in [1.82, 2.24) is 0 Å². The Balaban J connectivity index is 2.79. The van der Waals surface area contributed by atoms with Crippen molar-refractivity contribution in [2.24, 2.45) is 5.92 Å². The van der Waals surface area contributed by atoms with Crippen LogP contribution in [0.25, 0.3) is 0 Å².